The van der Waals surface area contributed by atoms with E-state index in [-0.39, 0.29) is 0 Å². The van der Waals surface area contributed by atoms with E-state index in [2.05, 4.69) is 24.2 Å². The number of ether oxygens (including phenoxy) is 1. The van der Waals surface area contributed by atoms with Gasteiger partial charge < -0.3 is 10.1 Å². The van der Waals surface area contributed by atoms with Gasteiger partial charge in [-0.15, -0.1) is 0 Å². The van der Waals surface area contributed by atoms with Gasteiger partial charge in [0.15, 0.2) is 0 Å². The van der Waals surface area contributed by atoms with Gasteiger partial charge in [-0.25, -0.2) is 0 Å². The van der Waals surface area contributed by atoms with Gasteiger partial charge in [-0.1, -0.05) is 13.3 Å². The summed E-state index contributed by atoms with van der Waals surface area (Å²) >= 11 is 0. The summed E-state index contributed by atoms with van der Waals surface area (Å²) in [6.45, 7) is 5.59. The molecule has 3 atom stereocenters. The van der Waals surface area contributed by atoms with Crippen molar-refractivity contribution in [2.45, 2.75) is 63.6 Å². The Kier molecular flexibility index (Phi) is 5.26. The maximum Gasteiger partial charge on any atom is 0.0590 e. The summed E-state index contributed by atoms with van der Waals surface area (Å²) in [5.74, 6) is 0. The number of hydrogen-bond acceptors (Lipinski definition) is 3. The third-order valence-corrected chi connectivity index (χ3v) is 4.37. The van der Waals surface area contributed by atoms with Crippen LogP contribution in [0.1, 0.15) is 45.4 Å². The number of likely N-dealkylation sites (N-methyl/N-ethyl adjacent to an activating group) is 1. The summed E-state index contributed by atoms with van der Waals surface area (Å²) in [6, 6.07) is 1.49. The molecule has 0 aromatic heterocycles. The van der Waals surface area contributed by atoms with Crippen molar-refractivity contribution in [2.24, 2.45) is 0 Å². The van der Waals surface area contributed by atoms with Crippen molar-refractivity contribution in [3.05, 3.63) is 0 Å². The molecule has 3 unspecified atom stereocenters. The van der Waals surface area contributed by atoms with Gasteiger partial charge in [0.05, 0.1) is 6.10 Å². The van der Waals surface area contributed by atoms with Crippen molar-refractivity contribution in [2.75, 3.05) is 26.7 Å². The second-order valence-corrected chi connectivity index (χ2v) is 5.63. The molecule has 0 aromatic carbocycles. The van der Waals surface area contributed by atoms with Crippen molar-refractivity contribution in [1.82, 2.24) is 10.2 Å². The van der Waals surface area contributed by atoms with E-state index in [1.165, 1.54) is 51.6 Å². The highest BCUT2D eigenvalue weighted by molar-refractivity contribution is 4.84. The highest BCUT2D eigenvalue weighted by Gasteiger charge is 2.29. The lowest BCUT2D eigenvalue weighted by atomic mass is 9.96. The SMILES string of the molecule is CCCC1CC(N(C)C2CCCNC2)CCO1. The highest BCUT2D eigenvalue weighted by Crippen LogP contribution is 2.24. The van der Waals surface area contributed by atoms with E-state index in [0.717, 1.165) is 18.7 Å². The van der Waals surface area contributed by atoms with E-state index in [4.69, 9.17) is 4.74 Å². The van der Waals surface area contributed by atoms with E-state index < -0.39 is 0 Å². The maximum atomic E-state index is 5.84. The predicted octanol–water partition coefficient (Wildman–Crippen LogP) is 2.02. The second-order valence-electron chi connectivity index (χ2n) is 5.63. The number of piperidine rings is 1. The summed E-state index contributed by atoms with van der Waals surface area (Å²) < 4.78 is 5.84. The van der Waals surface area contributed by atoms with Crippen molar-refractivity contribution in [1.29, 1.82) is 0 Å². The lowest BCUT2D eigenvalue weighted by Crippen LogP contribution is -2.50. The van der Waals surface area contributed by atoms with Crippen molar-refractivity contribution < 1.29 is 4.74 Å². The highest BCUT2D eigenvalue weighted by atomic mass is 16.5. The molecule has 0 spiro atoms. The van der Waals surface area contributed by atoms with Gasteiger partial charge in [-0.05, 0) is 45.7 Å². The van der Waals surface area contributed by atoms with E-state index in [1.807, 2.05) is 0 Å². The molecule has 2 aliphatic rings. The van der Waals surface area contributed by atoms with E-state index in [1.54, 1.807) is 0 Å². The van der Waals surface area contributed by atoms with Crippen LogP contribution in [0, 0.1) is 0 Å². The number of nitrogens with one attached hydrogen (secondary N) is 1. The molecule has 0 aliphatic carbocycles. The van der Waals surface area contributed by atoms with Crippen LogP contribution >= 0.6 is 0 Å². The van der Waals surface area contributed by atoms with Crippen LogP contribution in [0.5, 0.6) is 0 Å². The van der Waals surface area contributed by atoms with Crippen LogP contribution in [0.4, 0.5) is 0 Å². The number of rotatable bonds is 4. The summed E-state index contributed by atoms with van der Waals surface area (Å²) in [7, 11) is 2.32. The van der Waals surface area contributed by atoms with Crippen LogP contribution in [-0.2, 0) is 4.74 Å². The van der Waals surface area contributed by atoms with Crippen molar-refractivity contribution >= 4 is 0 Å². The van der Waals surface area contributed by atoms with Crippen LogP contribution in [0.25, 0.3) is 0 Å². The minimum Gasteiger partial charge on any atom is -0.378 e. The van der Waals surface area contributed by atoms with Gasteiger partial charge in [-0.3, -0.25) is 4.90 Å². The Morgan fingerprint density at radius 1 is 1.29 bits per heavy atom. The zero-order valence-corrected chi connectivity index (χ0v) is 11.5. The van der Waals surface area contributed by atoms with Gasteiger partial charge >= 0.3 is 0 Å². The molecule has 1 N–H and O–H groups in total. The second kappa shape index (κ2) is 6.72. The normalized spacial score (nSPS) is 35.1. The molecule has 3 nitrogen and oxygen atoms in total. The third-order valence-electron chi connectivity index (χ3n) is 4.37. The summed E-state index contributed by atoms with van der Waals surface area (Å²) in [5, 5.41) is 3.52. The molecule has 3 heteroatoms. The molecule has 2 aliphatic heterocycles. The average Bonchev–Trinajstić information content (AvgIpc) is 2.40. The Morgan fingerprint density at radius 2 is 2.18 bits per heavy atom. The molecule has 0 saturated carbocycles. The minimum atomic E-state index is 0.512. The smallest absolute Gasteiger partial charge is 0.0590 e. The molecule has 2 rings (SSSR count). The van der Waals surface area contributed by atoms with Gasteiger partial charge in [0.2, 0.25) is 0 Å². The van der Waals surface area contributed by atoms with Crippen molar-refractivity contribution in [3.63, 3.8) is 0 Å². The average molecular weight is 240 g/mol. The molecule has 100 valence electrons. The number of hydrogen-bond donors (Lipinski definition) is 1. The third kappa shape index (κ3) is 3.67. The van der Waals surface area contributed by atoms with E-state index >= 15 is 0 Å². The summed E-state index contributed by atoms with van der Waals surface area (Å²) in [4.78, 5) is 2.62. The fraction of sp³-hybridized carbons (Fsp3) is 1.00. The van der Waals surface area contributed by atoms with Gasteiger partial charge in [0, 0.05) is 25.2 Å². The first-order valence-electron chi connectivity index (χ1n) is 7.35. The molecule has 0 aromatic rings. The molecule has 2 saturated heterocycles. The van der Waals surface area contributed by atoms with E-state index in [9.17, 15) is 0 Å². The Bertz CT molecular complexity index is 214. The Balaban J connectivity index is 1.82. The van der Waals surface area contributed by atoms with Crippen LogP contribution < -0.4 is 5.32 Å². The lowest BCUT2D eigenvalue weighted by molar-refractivity contribution is -0.0353. The molecule has 2 fully saturated rings. The molecular weight excluding hydrogens is 212 g/mol. The largest absolute Gasteiger partial charge is 0.378 e. The first-order chi connectivity index (χ1) is 8.31. The Labute approximate surface area is 106 Å². The lowest BCUT2D eigenvalue weighted by Gasteiger charge is -2.41. The molecule has 0 radical (unpaired) electrons. The Hall–Kier alpha value is -0.120. The van der Waals surface area contributed by atoms with Gasteiger partial charge in [0.25, 0.3) is 0 Å². The first kappa shape index (κ1) is 13.3. The summed E-state index contributed by atoms with van der Waals surface area (Å²) in [5.41, 5.74) is 0. The standard InChI is InChI=1S/C14H28N2O/c1-3-5-14-10-12(7-9-17-14)16(2)13-6-4-8-15-11-13/h12-15H,3-11H2,1-2H3. The monoisotopic (exact) mass is 240 g/mol. The predicted molar refractivity (Wildman–Crippen MR) is 71.3 cm³/mol. The maximum absolute atomic E-state index is 5.84. The van der Waals surface area contributed by atoms with Gasteiger partial charge in [0.1, 0.15) is 0 Å². The summed E-state index contributed by atoms with van der Waals surface area (Å²) in [6.07, 6.45) is 8.13. The molecule has 2 heterocycles. The first-order valence-corrected chi connectivity index (χ1v) is 7.35. The van der Waals surface area contributed by atoms with Crippen LogP contribution in [-0.4, -0.2) is 49.8 Å². The quantitative estimate of drug-likeness (QED) is 0.813. The number of nitrogens with zero attached hydrogens (tertiary/aromatic N) is 1. The van der Waals surface area contributed by atoms with Crippen LogP contribution in [0.15, 0.2) is 0 Å². The van der Waals surface area contributed by atoms with E-state index in [0.29, 0.717) is 6.10 Å². The molecular formula is C14H28N2O. The zero-order valence-electron chi connectivity index (χ0n) is 11.5. The van der Waals surface area contributed by atoms with Crippen LogP contribution in [0.2, 0.25) is 0 Å². The van der Waals surface area contributed by atoms with Crippen molar-refractivity contribution in [3.8, 4) is 0 Å². The minimum absolute atomic E-state index is 0.512. The fourth-order valence-electron chi connectivity index (χ4n) is 3.23. The molecule has 17 heavy (non-hydrogen) atoms. The fourth-order valence-corrected chi connectivity index (χ4v) is 3.23. The van der Waals surface area contributed by atoms with Gasteiger partial charge in [-0.2, -0.15) is 0 Å². The zero-order chi connectivity index (χ0) is 12.1. The molecule has 0 bridgehead atoms. The van der Waals surface area contributed by atoms with Crippen LogP contribution in [0.3, 0.4) is 0 Å². The Morgan fingerprint density at radius 3 is 2.88 bits per heavy atom. The molecule has 0 amide bonds. The topological polar surface area (TPSA) is 24.5 Å².